The Morgan fingerprint density at radius 3 is 2.06 bits per heavy atom. The van der Waals surface area contributed by atoms with Gasteiger partial charge in [0.15, 0.2) is 6.20 Å². The zero-order valence-electron chi connectivity index (χ0n) is 17.1. The number of sulfonamides is 1. The number of nitrogens with zero attached hydrogens (tertiary/aromatic N) is 1. The van der Waals surface area contributed by atoms with Gasteiger partial charge in [-0.3, -0.25) is 4.72 Å². The molecule has 0 saturated carbocycles. The van der Waals surface area contributed by atoms with Crippen LogP contribution in [0.5, 0.6) is 0 Å². The van der Waals surface area contributed by atoms with Crippen LogP contribution in [0.4, 0.5) is 0 Å². The maximum Gasteiger partial charge on any atom is 0.261 e. The number of rotatable bonds is 6. The fraction of sp³-hybridized carbons (Fsp3) is 0.0385. The summed E-state index contributed by atoms with van der Waals surface area (Å²) in [4.78, 5) is 0.225. The Bertz CT molecular complexity index is 1300. The molecule has 0 saturated heterocycles. The average Bonchev–Trinajstić information content (AvgIpc) is 2.81. The Balaban J connectivity index is 1.81. The van der Waals surface area contributed by atoms with Gasteiger partial charge in [-0.15, -0.1) is 0 Å². The van der Waals surface area contributed by atoms with E-state index < -0.39 is 10.0 Å². The summed E-state index contributed by atoms with van der Waals surface area (Å²) in [6.07, 6.45) is 3.48. The molecule has 4 nitrogen and oxygen atoms in total. The maximum absolute atomic E-state index is 12.9. The number of nitrogens with one attached hydrogen (secondary N) is 1. The highest BCUT2D eigenvalue weighted by Crippen LogP contribution is 2.19. The molecule has 4 aromatic rings. The summed E-state index contributed by atoms with van der Waals surface area (Å²) in [5.74, 6) is 0. The summed E-state index contributed by atoms with van der Waals surface area (Å²) in [5.41, 5.74) is 4.60. The van der Waals surface area contributed by atoms with E-state index in [4.69, 9.17) is 0 Å². The van der Waals surface area contributed by atoms with E-state index in [0.29, 0.717) is 0 Å². The van der Waals surface area contributed by atoms with Crippen LogP contribution in [0.1, 0.15) is 11.1 Å². The van der Waals surface area contributed by atoms with Gasteiger partial charge >= 0.3 is 0 Å². The summed E-state index contributed by atoms with van der Waals surface area (Å²) in [6.45, 7) is 1.92. The summed E-state index contributed by atoms with van der Waals surface area (Å²) in [7, 11) is -3.71. The van der Waals surface area contributed by atoms with Crippen molar-refractivity contribution in [3.05, 3.63) is 127 Å². The van der Waals surface area contributed by atoms with Crippen molar-refractivity contribution >= 4 is 15.7 Å². The summed E-state index contributed by atoms with van der Waals surface area (Å²) in [5, 5.41) is 0. The Hall–Kier alpha value is -3.70. The van der Waals surface area contributed by atoms with Crippen LogP contribution in [0.25, 0.3) is 17.0 Å². The van der Waals surface area contributed by atoms with Crippen LogP contribution in [-0.4, -0.2) is 8.42 Å². The zero-order chi connectivity index (χ0) is 21.7. The normalized spacial score (nSPS) is 11.8. The third kappa shape index (κ3) is 4.73. The van der Waals surface area contributed by atoms with Crippen LogP contribution in [0, 0.1) is 6.92 Å². The predicted octanol–water partition coefficient (Wildman–Crippen LogP) is 4.77. The summed E-state index contributed by atoms with van der Waals surface area (Å²) >= 11 is 0. The lowest BCUT2D eigenvalue weighted by molar-refractivity contribution is -0.567. The van der Waals surface area contributed by atoms with Gasteiger partial charge in [0.05, 0.1) is 11.1 Å². The minimum atomic E-state index is -3.71. The van der Waals surface area contributed by atoms with Gasteiger partial charge in [-0.05, 0) is 49.4 Å². The molecule has 0 aliphatic rings. The second-order valence-electron chi connectivity index (χ2n) is 7.15. The van der Waals surface area contributed by atoms with Crippen molar-refractivity contribution in [2.24, 2.45) is 0 Å². The molecular weight excluding hydrogens is 404 g/mol. The molecule has 0 amide bonds. The zero-order valence-corrected chi connectivity index (χ0v) is 18.0. The first-order valence-corrected chi connectivity index (χ1v) is 11.4. The van der Waals surface area contributed by atoms with E-state index >= 15 is 0 Å². The van der Waals surface area contributed by atoms with Crippen molar-refractivity contribution in [3.63, 3.8) is 0 Å². The molecule has 154 valence electrons. The molecule has 0 bridgehead atoms. The van der Waals surface area contributed by atoms with E-state index in [2.05, 4.69) is 4.72 Å². The molecule has 0 atom stereocenters. The van der Waals surface area contributed by atoms with E-state index in [1.807, 2.05) is 96.6 Å². The SMILES string of the molecule is Cc1ccc(S(=O)(=O)N/C=C(\c2ccccc2)[n+]2ccccc2-c2ccccc2)cc1. The van der Waals surface area contributed by atoms with Crippen molar-refractivity contribution in [2.45, 2.75) is 11.8 Å². The van der Waals surface area contributed by atoms with Gasteiger partial charge in [-0.25, -0.2) is 8.42 Å². The number of aryl methyl sites for hydroxylation is 1. The number of hydrogen-bond acceptors (Lipinski definition) is 2. The van der Waals surface area contributed by atoms with E-state index in [1.165, 1.54) is 0 Å². The number of hydrogen-bond donors (Lipinski definition) is 1. The molecule has 0 aliphatic heterocycles. The molecule has 0 aliphatic carbocycles. The Morgan fingerprint density at radius 2 is 1.39 bits per heavy atom. The fourth-order valence-corrected chi connectivity index (χ4v) is 4.21. The lowest BCUT2D eigenvalue weighted by atomic mass is 10.1. The van der Waals surface area contributed by atoms with Gasteiger partial charge in [0, 0.05) is 23.3 Å². The molecule has 0 unspecified atom stereocenters. The molecule has 0 radical (unpaired) electrons. The van der Waals surface area contributed by atoms with Crippen molar-refractivity contribution in [2.75, 3.05) is 0 Å². The van der Waals surface area contributed by atoms with Gasteiger partial charge in [0.1, 0.15) is 0 Å². The first-order valence-electron chi connectivity index (χ1n) is 9.96. The molecule has 0 spiro atoms. The van der Waals surface area contributed by atoms with Gasteiger partial charge in [-0.2, -0.15) is 4.57 Å². The summed E-state index contributed by atoms with van der Waals surface area (Å²) < 4.78 is 30.4. The van der Waals surface area contributed by atoms with Crippen LogP contribution < -0.4 is 9.29 Å². The van der Waals surface area contributed by atoms with E-state index in [-0.39, 0.29) is 4.90 Å². The van der Waals surface area contributed by atoms with Gasteiger partial charge in [0.25, 0.3) is 10.0 Å². The standard InChI is InChI=1S/C26H23N2O2S/c1-21-15-17-24(18-16-21)31(29,30)27-20-26(23-12-6-3-7-13-23)28-19-9-8-14-25(28)22-10-4-2-5-11-22/h2-20,27H,1H3/q+1/b26-20+. The van der Waals surface area contributed by atoms with Gasteiger partial charge < -0.3 is 0 Å². The first-order chi connectivity index (χ1) is 15.0. The van der Waals surface area contributed by atoms with E-state index in [1.54, 1.807) is 30.5 Å². The second kappa shape index (κ2) is 8.98. The Kier molecular flexibility index (Phi) is 5.96. The predicted molar refractivity (Wildman–Crippen MR) is 123 cm³/mol. The second-order valence-corrected chi connectivity index (χ2v) is 8.87. The van der Waals surface area contributed by atoms with Crippen molar-refractivity contribution in [1.29, 1.82) is 0 Å². The highest BCUT2D eigenvalue weighted by Gasteiger charge is 2.21. The fourth-order valence-electron chi connectivity index (χ4n) is 3.32. The molecule has 1 aromatic heterocycles. The van der Waals surface area contributed by atoms with Gasteiger partial charge in [-0.1, -0.05) is 54.1 Å². The minimum absolute atomic E-state index is 0.225. The third-order valence-corrected chi connectivity index (χ3v) is 6.26. The van der Waals surface area contributed by atoms with E-state index in [0.717, 1.165) is 28.1 Å². The first kappa shape index (κ1) is 20.6. The van der Waals surface area contributed by atoms with Crippen LogP contribution >= 0.6 is 0 Å². The average molecular weight is 428 g/mol. The highest BCUT2D eigenvalue weighted by atomic mass is 32.2. The lowest BCUT2D eigenvalue weighted by Crippen LogP contribution is -2.36. The molecule has 3 aromatic carbocycles. The largest absolute Gasteiger partial charge is 0.280 e. The molecule has 5 heteroatoms. The van der Waals surface area contributed by atoms with Crippen molar-refractivity contribution in [1.82, 2.24) is 4.72 Å². The summed E-state index contributed by atoms with van der Waals surface area (Å²) in [6, 6.07) is 32.4. The molecule has 1 heterocycles. The molecular formula is C26H23N2O2S+. The molecule has 0 fully saturated rings. The van der Waals surface area contributed by atoms with E-state index in [9.17, 15) is 8.42 Å². The molecule has 4 rings (SSSR count). The lowest BCUT2D eigenvalue weighted by Gasteiger charge is -2.09. The smallest absolute Gasteiger partial charge is 0.261 e. The Labute approximate surface area is 183 Å². The third-order valence-electron chi connectivity index (χ3n) is 4.94. The maximum atomic E-state index is 12.9. The van der Waals surface area contributed by atoms with Crippen LogP contribution in [0.2, 0.25) is 0 Å². The number of pyridine rings is 1. The highest BCUT2D eigenvalue weighted by molar-refractivity contribution is 7.89. The van der Waals surface area contributed by atoms with Crippen molar-refractivity contribution in [3.8, 4) is 11.3 Å². The molecule has 31 heavy (non-hydrogen) atoms. The monoisotopic (exact) mass is 427 g/mol. The number of aromatic nitrogens is 1. The Morgan fingerprint density at radius 1 is 0.774 bits per heavy atom. The molecule has 1 N–H and O–H groups in total. The van der Waals surface area contributed by atoms with Crippen LogP contribution in [0.15, 0.2) is 120 Å². The van der Waals surface area contributed by atoms with Crippen LogP contribution in [0.3, 0.4) is 0 Å². The number of benzene rings is 3. The van der Waals surface area contributed by atoms with Crippen LogP contribution in [-0.2, 0) is 10.0 Å². The van der Waals surface area contributed by atoms with Crippen molar-refractivity contribution < 1.29 is 13.0 Å². The topological polar surface area (TPSA) is 50.1 Å². The van der Waals surface area contributed by atoms with Gasteiger partial charge in [0.2, 0.25) is 11.4 Å². The minimum Gasteiger partial charge on any atom is -0.280 e. The quantitative estimate of drug-likeness (QED) is 0.451.